The number of benzene rings is 1. The topological polar surface area (TPSA) is 91.2 Å². The van der Waals surface area contributed by atoms with E-state index in [2.05, 4.69) is 15.5 Å². The van der Waals surface area contributed by atoms with Gasteiger partial charge in [-0.15, -0.1) is 5.10 Å². The molecule has 2 aliphatic heterocycles. The molecule has 25 heavy (non-hydrogen) atoms. The van der Waals surface area contributed by atoms with Crippen LogP contribution in [0.2, 0.25) is 0 Å². The summed E-state index contributed by atoms with van der Waals surface area (Å²) in [5.74, 6) is 0.278. The van der Waals surface area contributed by atoms with Gasteiger partial charge in [0.2, 0.25) is 15.9 Å². The van der Waals surface area contributed by atoms with Crippen LogP contribution in [0.4, 0.5) is 0 Å². The van der Waals surface area contributed by atoms with Gasteiger partial charge in [-0.2, -0.15) is 9.41 Å². The summed E-state index contributed by atoms with van der Waals surface area (Å²) in [6.45, 7) is 2.97. The molecular formula is C16H20N4O3S2. The fourth-order valence-corrected chi connectivity index (χ4v) is 4.82. The Morgan fingerprint density at radius 3 is 2.44 bits per heavy atom. The van der Waals surface area contributed by atoms with Crippen molar-refractivity contribution in [2.24, 2.45) is 10.2 Å². The van der Waals surface area contributed by atoms with E-state index in [1.807, 2.05) is 0 Å². The van der Waals surface area contributed by atoms with E-state index in [0.717, 1.165) is 24.8 Å². The van der Waals surface area contributed by atoms with Crippen molar-refractivity contribution in [3.05, 3.63) is 29.8 Å². The molecule has 2 fully saturated rings. The molecule has 2 aliphatic rings. The zero-order valence-electron chi connectivity index (χ0n) is 13.9. The monoisotopic (exact) mass is 380 g/mol. The Kier molecular flexibility index (Phi) is 5.55. The number of sulfonamides is 1. The molecule has 2 heterocycles. The number of rotatable bonds is 4. The third-order valence-electron chi connectivity index (χ3n) is 4.10. The van der Waals surface area contributed by atoms with Crippen molar-refractivity contribution in [2.75, 3.05) is 18.8 Å². The normalized spacial score (nSPS) is 21.6. The lowest BCUT2D eigenvalue weighted by Gasteiger charge is -2.25. The van der Waals surface area contributed by atoms with Crippen LogP contribution in [-0.2, 0) is 14.8 Å². The van der Waals surface area contributed by atoms with Gasteiger partial charge in [-0.05, 0) is 37.5 Å². The summed E-state index contributed by atoms with van der Waals surface area (Å²) in [6.07, 6.45) is 2.91. The highest BCUT2D eigenvalue weighted by Gasteiger charge is 2.25. The number of nitrogens with one attached hydrogen (secondary N) is 1. The van der Waals surface area contributed by atoms with E-state index in [0.29, 0.717) is 34.6 Å². The number of amides is 1. The fraction of sp³-hybridized carbons (Fsp3) is 0.438. The molecule has 1 aromatic carbocycles. The summed E-state index contributed by atoms with van der Waals surface area (Å²) in [4.78, 5) is 11.4. The Morgan fingerprint density at radius 1 is 1.16 bits per heavy atom. The Labute approximate surface area is 151 Å². The van der Waals surface area contributed by atoms with Crippen LogP contribution in [0.3, 0.4) is 0 Å². The second-order valence-corrected chi connectivity index (χ2v) is 8.82. The predicted octanol–water partition coefficient (Wildman–Crippen LogP) is 1.80. The third kappa shape index (κ3) is 4.28. The van der Waals surface area contributed by atoms with Crippen molar-refractivity contribution in [1.82, 2.24) is 9.62 Å². The number of hydrogen-bond donors (Lipinski definition) is 1. The highest BCUT2D eigenvalue weighted by Crippen LogP contribution is 2.21. The first-order chi connectivity index (χ1) is 12.0. The van der Waals surface area contributed by atoms with Gasteiger partial charge >= 0.3 is 0 Å². The lowest BCUT2D eigenvalue weighted by Crippen LogP contribution is -2.35. The van der Waals surface area contributed by atoms with Crippen molar-refractivity contribution >= 4 is 38.6 Å². The smallest absolute Gasteiger partial charge is 0.243 e. The number of hydrogen-bond acceptors (Lipinski definition) is 6. The minimum absolute atomic E-state index is 0.0797. The van der Waals surface area contributed by atoms with Gasteiger partial charge in [-0.1, -0.05) is 30.3 Å². The number of amidine groups is 1. The van der Waals surface area contributed by atoms with Crippen LogP contribution in [-0.4, -0.2) is 48.4 Å². The summed E-state index contributed by atoms with van der Waals surface area (Å²) in [5, 5.41) is 11.2. The molecule has 134 valence electrons. The minimum atomic E-state index is -3.42. The highest BCUT2D eigenvalue weighted by molar-refractivity contribution is 8.15. The van der Waals surface area contributed by atoms with Crippen LogP contribution in [0.15, 0.2) is 39.4 Å². The van der Waals surface area contributed by atoms with E-state index in [1.54, 1.807) is 35.5 Å². The zero-order chi connectivity index (χ0) is 17.9. The molecule has 7 nitrogen and oxygen atoms in total. The fourth-order valence-electron chi connectivity index (χ4n) is 2.68. The molecule has 0 bridgehead atoms. The van der Waals surface area contributed by atoms with Crippen molar-refractivity contribution in [3.8, 4) is 0 Å². The molecular weight excluding hydrogens is 360 g/mol. The van der Waals surface area contributed by atoms with Gasteiger partial charge in [0.25, 0.3) is 0 Å². The molecule has 0 aliphatic carbocycles. The SMILES string of the molecule is C/C(=N\N=C1\NC(=O)CS1)c1ccc(S(=O)(=O)N2CCCCC2)cc1. The quantitative estimate of drug-likeness (QED) is 0.637. The van der Waals surface area contributed by atoms with E-state index in [4.69, 9.17) is 0 Å². The number of carbonyl (C=O) groups excluding carboxylic acids is 1. The first-order valence-electron chi connectivity index (χ1n) is 8.12. The van der Waals surface area contributed by atoms with E-state index >= 15 is 0 Å². The first kappa shape index (κ1) is 18.1. The maximum atomic E-state index is 12.6. The van der Waals surface area contributed by atoms with Crippen LogP contribution in [0, 0.1) is 0 Å². The second-order valence-electron chi connectivity index (χ2n) is 5.92. The first-order valence-corrected chi connectivity index (χ1v) is 10.5. The molecule has 9 heteroatoms. The molecule has 0 unspecified atom stereocenters. The lowest BCUT2D eigenvalue weighted by molar-refractivity contribution is -0.116. The average molecular weight is 380 g/mol. The van der Waals surface area contributed by atoms with Gasteiger partial charge in [-0.25, -0.2) is 8.42 Å². The molecule has 1 N–H and O–H groups in total. The van der Waals surface area contributed by atoms with Gasteiger partial charge in [0, 0.05) is 13.1 Å². The van der Waals surface area contributed by atoms with E-state index < -0.39 is 10.0 Å². The number of piperidine rings is 1. The standard InChI is InChI=1S/C16H20N4O3S2/c1-12(18-19-16-17-15(21)11-24-16)13-5-7-14(8-6-13)25(22,23)20-9-3-2-4-10-20/h5-8H,2-4,9-11H2,1H3,(H,17,19,21)/b18-12+. The maximum Gasteiger partial charge on any atom is 0.243 e. The maximum absolute atomic E-state index is 12.6. The summed E-state index contributed by atoms with van der Waals surface area (Å²) in [7, 11) is -3.42. The zero-order valence-corrected chi connectivity index (χ0v) is 15.6. The molecule has 0 aromatic heterocycles. The predicted molar refractivity (Wildman–Crippen MR) is 99.3 cm³/mol. The van der Waals surface area contributed by atoms with Gasteiger partial charge < -0.3 is 5.32 Å². The van der Waals surface area contributed by atoms with Crippen LogP contribution < -0.4 is 5.32 Å². The van der Waals surface area contributed by atoms with E-state index in [1.165, 1.54) is 11.8 Å². The summed E-state index contributed by atoms with van der Waals surface area (Å²) in [6, 6.07) is 6.68. The molecule has 2 saturated heterocycles. The minimum Gasteiger partial charge on any atom is -0.303 e. The molecule has 1 aromatic rings. The molecule has 0 radical (unpaired) electrons. The number of carbonyl (C=O) groups is 1. The molecule has 1 amide bonds. The van der Waals surface area contributed by atoms with Crippen molar-refractivity contribution in [2.45, 2.75) is 31.1 Å². The summed E-state index contributed by atoms with van der Waals surface area (Å²) >= 11 is 1.31. The van der Waals surface area contributed by atoms with Crippen molar-refractivity contribution in [1.29, 1.82) is 0 Å². The summed E-state index contributed by atoms with van der Waals surface area (Å²) < 4.78 is 26.8. The lowest BCUT2D eigenvalue weighted by atomic mass is 10.1. The Morgan fingerprint density at radius 2 is 1.84 bits per heavy atom. The highest BCUT2D eigenvalue weighted by atomic mass is 32.2. The molecule has 0 atom stereocenters. The Hall–Kier alpha value is -1.71. The summed E-state index contributed by atoms with van der Waals surface area (Å²) in [5.41, 5.74) is 1.44. The largest absolute Gasteiger partial charge is 0.303 e. The van der Waals surface area contributed by atoms with Crippen LogP contribution in [0.1, 0.15) is 31.7 Å². The number of nitrogens with zero attached hydrogens (tertiary/aromatic N) is 3. The Balaban J connectivity index is 1.74. The van der Waals surface area contributed by atoms with Crippen molar-refractivity contribution in [3.63, 3.8) is 0 Å². The second kappa shape index (κ2) is 7.67. The van der Waals surface area contributed by atoms with Crippen LogP contribution >= 0.6 is 11.8 Å². The molecule has 0 saturated carbocycles. The number of thioether (sulfide) groups is 1. The molecule has 0 spiro atoms. The third-order valence-corrected chi connectivity index (χ3v) is 6.88. The van der Waals surface area contributed by atoms with Gasteiger partial charge in [0.05, 0.1) is 16.4 Å². The van der Waals surface area contributed by atoms with E-state index in [-0.39, 0.29) is 5.91 Å². The van der Waals surface area contributed by atoms with Gasteiger partial charge in [-0.3, -0.25) is 4.79 Å². The van der Waals surface area contributed by atoms with Crippen LogP contribution in [0.5, 0.6) is 0 Å². The van der Waals surface area contributed by atoms with Gasteiger partial charge in [0.15, 0.2) is 5.17 Å². The average Bonchev–Trinajstić information content (AvgIpc) is 3.06. The van der Waals surface area contributed by atoms with Crippen LogP contribution in [0.25, 0.3) is 0 Å². The van der Waals surface area contributed by atoms with Gasteiger partial charge in [0.1, 0.15) is 0 Å². The Bertz CT molecular complexity index is 810. The van der Waals surface area contributed by atoms with Crippen molar-refractivity contribution < 1.29 is 13.2 Å². The molecule has 3 rings (SSSR count). The van der Waals surface area contributed by atoms with E-state index in [9.17, 15) is 13.2 Å².